The Morgan fingerprint density at radius 3 is 2.04 bits per heavy atom. The predicted molar refractivity (Wildman–Crippen MR) is 100 cm³/mol. The predicted octanol–water partition coefficient (Wildman–Crippen LogP) is 3.52. The summed E-state index contributed by atoms with van der Waals surface area (Å²) in [4.78, 5) is 4.60. The van der Waals surface area contributed by atoms with Crippen LogP contribution in [0.25, 0.3) is 0 Å². The van der Waals surface area contributed by atoms with Crippen molar-refractivity contribution in [2.24, 2.45) is 10.9 Å². The Balaban J connectivity index is 3.45. The molecule has 0 spiro atoms. The zero-order valence-electron chi connectivity index (χ0n) is 16.1. The van der Waals surface area contributed by atoms with E-state index in [0.29, 0.717) is 5.92 Å². The number of hydrogen-bond donors (Lipinski definition) is 1. The third-order valence-corrected chi connectivity index (χ3v) is 7.06. The Bertz CT molecular complexity index is 300. The van der Waals surface area contributed by atoms with Gasteiger partial charge in [0.15, 0.2) is 0 Å². The minimum Gasteiger partial charge on any atom is -0.377 e. The van der Waals surface area contributed by atoms with Crippen molar-refractivity contribution in [2.45, 2.75) is 58.9 Å². The van der Waals surface area contributed by atoms with Gasteiger partial charge in [-0.2, -0.15) is 0 Å². The molecular weight excluding hydrogens is 308 g/mol. The molecule has 0 aromatic rings. The molecule has 0 rings (SSSR count). The Morgan fingerprint density at radius 2 is 1.48 bits per heavy atom. The van der Waals surface area contributed by atoms with Gasteiger partial charge in [0, 0.05) is 39.6 Å². The average Bonchev–Trinajstić information content (AvgIpc) is 2.56. The number of unbranched alkanes of at least 4 members (excludes halogenated alkanes) is 3. The summed E-state index contributed by atoms with van der Waals surface area (Å²) < 4.78 is 16.2. The summed E-state index contributed by atoms with van der Waals surface area (Å²) in [6.45, 7) is 9.57. The fourth-order valence-electron chi connectivity index (χ4n) is 2.26. The van der Waals surface area contributed by atoms with E-state index in [-0.39, 0.29) is 0 Å². The van der Waals surface area contributed by atoms with Crippen molar-refractivity contribution in [3.63, 3.8) is 0 Å². The molecule has 138 valence electrons. The molecule has 0 heterocycles. The van der Waals surface area contributed by atoms with E-state index in [2.05, 4.69) is 31.1 Å². The van der Waals surface area contributed by atoms with Crippen molar-refractivity contribution in [3.8, 4) is 0 Å². The van der Waals surface area contributed by atoms with Gasteiger partial charge in [-0.25, -0.2) is 0 Å². The molecule has 5 nitrogen and oxygen atoms in total. The van der Waals surface area contributed by atoms with Crippen molar-refractivity contribution in [1.29, 1.82) is 0 Å². The van der Waals surface area contributed by atoms with Crippen molar-refractivity contribution < 1.29 is 13.3 Å². The van der Waals surface area contributed by atoms with E-state index < -0.39 is 8.80 Å². The topological polar surface area (TPSA) is 52.1 Å². The quantitative estimate of drug-likeness (QED) is 0.280. The number of hydrogen-bond acceptors (Lipinski definition) is 5. The lowest BCUT2D eigenvalue weighted by Crippen LogP contribution is -2.43. The third-order valence-electron chi connectivity index (χ3n) is 4.23. The number of nitrogens with one attached hydrogen (secondary N) is 1. The van der Waals surface area contributed by atoms with Gasteiger partial charge < -0.3 is 18.6 Å². The molecular formula is C17H38N2O3Si. The van der Waals surface area contributed by atoms with Crippen LogP contribution in [0.4, 0.5) is 0 Å². The molecule has 1 N–H and O–H groups in total. The maximum atomic E-state index is 5.41. The Hall–Kier alpha value is -0.273. The van der Waals surface area contributed by atoms with Crippen LogP contribution in [0.5, 0.6) is 0 Å². The first kappa shape index (κ1) is 22.7. The highest BCUT2D eigenvalue weighted by molar-refractivity contribution is 6.60. The van der Waals surface area contributed by atoms with Crippen LogP contribution in [-0.4, -0.2) is 55.5 Å². The highest BCUT2D eigenvalue weighted by atomic mass is 28.4. The molecule has 0 unspecified atom stereocenters. The molecule has 0 aliphatic carbocycles. The second kappa shape index (κ2) is 14.1. The zero-order chi connectivity index (χ0) is 17.6. The Morgan fingerprint density at radius 1 is 0.913 bits per heavy atom. The van der Waals surface area contributed by atoms with Crippen LogP contribution in [0, 0.1) is 5.92 Å². The lowest BCUT2D eigenvalue weighted by molar-refractivity contribution is 0.123. The number of rotatable bonds is 15. The SMILES string of the molecule is CO[Si](CCCNCCCCCCN=C(C)C(C)C)(OC)OC. The Labute approximate surface area is 144 Å². The lowest BCUT2D eigenvalue weighted by Gasteiger charge is -2.24. The molecule has 0 fully saturated rings. The largest absolute Gasteiger partial charge is 0.500 e. The number of aliphatic imine (C=N–C) groups is 1. The lowest BCUT2D eigenvalue weighted by atomic mass is 10.1. The minimum atomic E-state index is -2.38. The normalized spacial score (nSPS) is 13.1. The molecule has 6 heteroatoms. The smallest absolute Gasteiger partial charge is 0.377 e. The van der Waals surface area contributed by atoms with Crippen LogP contribution in [0.2, 0.25) is 6.04 Å². The van der Waals surface area contributed by atoms with Gasteiger partial charge in [0.05, 0.1) is 0 Å². The highest BCUT2D eigenvalue weighted by Crippen LogP contribution is 2.14. The summed E-state index contributed by atoms with van der Waals surface area (Å²) in [6, 6.07) is 0.858. The number of nitrogens with zero attached hydrogens (tertiary/aromatic N) is 1. The second-order valence-corrected chi connectivity index (χ2v) is 9.33. The molecule has 0 aliphatic rings. The summed E-state index contributed by atoms with van der Waals surface area (Å²) >= 11 is 0. The summed E-state index contributed by atoms with van der Waals surface area (Å²) in [6.07, 6.45) is 5.99. The van der Waals surface area contributed by atoms with Crippen molar-refractivity contribution >= 4 is 14.5 Å². The fraction of sp³-hybridized carbons (Fsp3) is 0.941. The molecule has 0 atom stereocenters. The summed E-state index contributed by atoms with van der Waals surface area (Å²) in [5, 5.41) is 3.48. The molecule has 0 amide bonds. The van der Waals surface area contributed by atoms with Crippen LogP contribution in [0.1, 0.15) is 52.9 Å². The molecule has 23 heavy (non-hydrogen) atoms. The van der Waals surface area contributed by atoms with Crippen molar-refractivity contribution in [1.82, 2.24) is 5.32 Å². The van der Waals surface area contributed by atoms with Crippen LogP contribution >= 0.6 is 0 Å². The van der Waals surface area contributed by atoms with Crippen LogP contribution in [0.15, 0.2) is 4.99 Å². The summed E-state index contributed by atoms with van der Waals surface area (Å²) in [5.74, 6) is 0.579. The van der Waals surface area contributed by atoms with Crippen LogP contribution in [0.3, 0.4) is 0 Å². The molecule has 0 bridgehead atoms. The standard InChI is InChI=1S/C17H38N2O3Si/c1-16(2)17(3)19-14-10-8-7-9-12-18-13-11-15-23(20-4,21-5)22-6/h16,18H,7-15H2,1-6H3. The Kier molecular flexibility index (Phi) is 13.9. The monoisotopic (exact) mass is 346 g/mol. The van der Waals surface area contributed by atoms with Gasteiger partial charge >= 0.3 is 8.80 Å². The van der Waals surface area contributed by atoms with Crippen molar-refractivity contribution in [2.75, 3.05) is 41.0 Å². The van der Waals surface area contributed by atoms with E-state index in [1.807, 2.05) is 0 Å². The highest BCUT2D eigenvalue weighted by Gasteiger charge is 2.36. The van der Waals surface area contributed by atoms with E-state index in [9.17, 15) is 0 Å². The average molecular weight is 347 g/mol. The van der Waals surface area contributed by atoms with Gasteiger partial charge in [-0.15, -0.1) is 0 Å². The van der Waals surface area contributed by atoms with Crippen molar-refractivity contribution in [3.05, 3.63) is 0 Å². The van der Waals surface area contributed by atoms with E-state index in [0.717, 1.165) is 32.1 Å². The van der Waals surface area contributed by atoms with E-state index in [1.54, 1.807) is 21.3 Å². The molecule has 0 aromatic heterocycles. The summed E-state index contributed by atoms with van der Waals surface area (Å²) in [7, 11) is 2.62. The van der Waals surface area contributed by atoms with E-state index in [1.165, 1.54) is 31.4 Å². The first-order chi connectivity index (χ1) is 11.0. The molecule has 0 radical (unpaired) electrons. The van der Waals surface area contributed by atoms with E-state index in [4.69, 9.17) is 13.3 Å². The van der Waals surface area contributed by atoms with Gasteiger partial charge in [0.25, 0.3) is 0 Å². The van der Waals surface area contributed by atoms with Gasteiger partial charge in [0.2, 0.25) is 0 Å². The maximum Gasteiger partial charge on any atom is 0.500 e. The minimum absolute atomic E-state index is 0.579. The molecule has 0 saturated heterocycles. The molecule has 0 aromatic carbocycles. The van der Waals surface area contributed by atoms with Gasteiger partial charge in [0.1, 0.15) is 0 Å². The first-order valence-corrected chi connectivity index (χ1v) is 10.8. The third kappa shape index (κ3) is 11.0. The zero-order valence-corrected chi connectivity index (χ0v) is 17.1. The van der Waals surface area contributed by atoms with Gasteiger partial charge in [-0.05, 0) is 45.2 Å². The second-order valence-electron chi connectivity index (χ2n) is 6.24. The van der Waals surface area contributed by atoms with Crippen LogP contribution < -0.4 is 5.32 Å². The first-order valence-electron chi connectivity index (χ1n) is 8.88. The fourth-order valence-corrected chi connectivity index (χ4v) is 3.99. The molecule has 0 saturated carbocycles. The molecule has 0 aliphatic heterocycles. The summed E-state index contributed by atoms with van der Waals surface area (Å²) in [5.41, 5.74) is 1.27. The van der Waals surface area contributed by atoms with Crippen LogP contribution in [-0.2, 0) is 13.3 Å². The van der Waals surface area contributed by atoms with Gasteiger partial charge in [-0.3, -0.25) is 4.99 Å². The van der Waals surface area contributed by atoms with E-state index >= 15 is 0 Å². The maximum absolute atomic E-state index is 5.41. The van der Waals surface area contributed by atoms with Gasteiger partial charge in [-0.1, -0.05) is 26.7 Å².